The van der Waals surface area contributed by atoms with Crippen LogP contribution in [-0.2, 0) is 0 Å². The van der Waals surface area contributed by atoms with E-state index in [2.05, 4.69) is 43.0 Å². The fourth-order valence-corrected chi connectivity index (χ4v) is 2.53. The second-order valence-electron chi connectivity index (χ2n) is 4.53. The molecule has 2 nitrogen and oxygen atoms in total. The van der Waals surface area contributed by atoms with Crippen LogP contribution in [0, 0.1) is 0 Å². The first-order valence-corrected chi connectivity index (χ1v) is 5.70. The zero-order valence-corrected chi connectivity index (χ0v) is 9.43. The third-order valence-electron chi connectivity index (χ3n) is 3.18. The molecule has 0 radical (unpaired) electrons. The highest BCUT2D eigenvalue weighted by Gasteiger charge is 2.34. The Labute approximate surface area is 91.5 Å². The highest BCUT2D eigenvalue weighted by Crippen LogP contribution is 2.36. The molecule has 2 heteroatoms. The largest absolute Gasteiger partial charge is 0.378 e. The molecule has 1 N–H and O–H groups in total. The third-order valence-corrected chi connectivity index (χ3v) is 3.18. The number of hydrogen-bond donors (Lipinski definition) is 1. The van der Waals surface area contributed by atoms with Crippen LogP contribution >= 0.6 is 0 Å². The Kier molecular flexibility index (Phi) is 3.08. The number of hydrogen-bond acceptors (Lipinski definition) is 2. The van der Waals surface area contributed by atoms with E-state index < -0.39 is 0 Å². The van der Waals surface area contributed by atoms with Crippen LogP contribution < -0.4 is 0 Å². The SMILES string of the molecule is CC(C)N1C(O)CCC1c1ccccc1. The molecule has 82 valence electrons. The molecule has 1 aliphatic rings. The predicted molar refractivity (Wildman–Crippen MR) is 61.4 cm³/mol. The van der Waals surface area contributed by atoms with Crippen molar-refractivity contribution in [1.29, 1.82) is 0 Å². The van der Waals surface area contributed by atoms with Crippen LogP contribution in [0.3, 0.4) is 0 Å². The standard InChI is InChI=1S/C13H19NO/c1-10(2)14-12(8-9-13(14)15)11-6-4-3-5-7-11/h3-7,10,12-13,15H,8-9H2,1-2H3. The summed E-state index contributed by atoms with van der Waals surface area (Å²) in [6, 6.07) is 11.3. The van der Waals surface area contributed by atoms with Gasteiger partial charge in [0.05, 0.1) is 0 Å². The zero-order valence-electron chi connectivity index (χ0n) is 9.43. The van der Waals surface area contributed by atoms with Crippen LogP contribution in [0.5, 0.6) is 0 Å². The third kappa shape index (κ3) is 2.06. The van der Waals surface area contributed by atoms with Crippen molar-refractivity contribution in [3.63, 3.8) is 0 Å². The van der Waals surface area contributed by atoms with Crippen molar-refractivity contribution in [2.75, 3.05) is 0 Å². The maximum atomic E-state index is 9.92. The Hall–Kier alpha value is -0.860. The summed E-state index contributed by atoms with van der Waals surface area (Å²) >= 11 is 0. The van der Waals surface area contributed by atoms with Crippen molar-refractivity contribution in [2.45, 2.75) is 45.0 Å². The summed E-state index contributed by atoms with van der Waals surface area (Å²) < 4.78 is 0. The number of aliphatic hydroxyl groups excluding tert-OH is 1. The Morgan fingerprint density at radius 2 is 1.87 bits per heavy atom. The van der Waals surface area contributed by atoms with E-state index in [-0.39, 0.29) is 6.23 Å². The lowest BCUT2D eigenvalue weighted by molar-refractivity contribution is -0.00473. The lowest BCUT2D eigenvalue weighted by Crippen LogP contribution is -2.37. The van der Waals surface area contributed by atoms with E-state index in [1.165, 1.54) is 5.56 Å². The van der Waals surface area contributed by atoms with Crippen molar-refractivity contribution < 1.29 is 5.11 Å². The highest BCUT2D eigenvalue weighted by molar-refractivity contribution is 5.20. The van der Waals surface area contributed by atoms with Gasteiger partial charge in [0.15, 0.2) is 0 Å². The number of likely N-dealkylation sites (tertiary alicyclic amines) is 1. The Bertz CT molecular complexity index is 310. The molecule has 0 aliphatic carbocycles. The molecule has 1 aromatic carbocycles. The summed E-state index contributed by atoms with van der Waals surface area (Å²) in [6.45, 7) is 4.29. The van der Waals surface area contributed by atoms with Gasteiger partial charge in [-0.15, -0.1) is 0 Å². The first-order valence-electron chi connectivity index (χ1n) is 5.70. The molecule has 2 atom stereocenters. The summed E-state index contributed by atoms with van der Waals surface area (Å²) in [5.74, 6) is 0. The van der Waals surface area contributed by atoms with Gasteiger partial charge < -0.3 is 5.11 Å². The van der Waals surface area contributed by atoms with E-state index in [1.54, 1.807) is 0 Å². The van der Waals surface area contributed by atoms with Gasteiger partial charge in [-0.05, 0) is 32.3 Å². The zero-order chi connectivity index (χ0) is 10.8. The van der Waals surface area contributed by atoms with E-state index in [1.807, 2.05) is 6.07 Å². The average molecular weight is 205 g/mol. The minimum atomic E-state index is -0.268. The van der Waals surface area contributed by atoms with Gasteiger partial charge in [0, 0.05) is 12.1 Å². The quantitative estimate of drug-likeness (QED) is 0.802. The Morgan fingerprint density at radius 1 is 1.20 bits per heavy atom. The fraction of sp³-hybridized carbons (Fsp3) is 0.538. The molecule has 0 spiro atoms. The van der Waals surface area contributed by atoms with Gasteiger partial charge in [0.1, 0.15) is 6.23 Å². The van der Waals surface area contributed by atoms with E-state index in [4.69, 9.17) is 0 Å². The predicted octanol–water partition coefficient (Wildman–Crippen LogP) is 2.55. The molecule has 0 bridgehead atoms. The Morgan fingerprint density at radius 3 is 2.47 bits per heavy atom. The maximum Gasteiger partial charge on any atom is 0.108 e. The van der Waals surface area contributed by atoms with Crippen molar-refractivity contribution in [2.24, 2.45) is 0 Å². The topological polar surface area (TPSA) is 23.5 Å². The molecular weight excluding hydrogens is 186 g/mol. The van der Waals surface area contributed by atoms with E-state index in [9.17, 15) is 5.11 Å². The summed E-state index contributed by atoms with van der Waals surface area (Å²) in [5, 5.41) is 9.92. The van der Waals surface area contributed by atoms with Crippen LogP contribution in [0.4, 0.5) is 0 Å². The smallest absolute Gasteiger partial charge is 0.108 e. The molecule has 15 heavy (non-hydrogen) atoms. The number of aliphatic hydroxyl groups is 1. The minimum absolute atomic E-state index is 0.268. The molecule has 1 saturated heterocycles. The normalized spacial score (nSPS) is 27.5. The second kappa shape index (κ2) is 4.33. The molecular formula is C13H19NO. The van der Waals surface area contributed by atoms with Gasteiger partial charge in [-0.2, -0.15) is 0 Å². The molecule has 1 aromatic rings. The van der Waals surface area contributed by atoms with Gasteiger partial charge in [-0.1, -0.05) is 30.3 Å². The number of benzene rings is 1. The summed E-state index contributed by atoms with van der Waals surface area (Å²) in [4.78, 5) is 2.20. The number of rotatable bonds is 2. The van der Waals surface area contributed by atoms with E-state index >= 15 is 0 Å². The maximum absolute atomic E-state index is 9.92. The monoisotopic (exact) mass is 205 g/mol. The summed E-state index contributed by atoms with van der Waals surface area (Å²) in [7, 11) is 0. The fourth-order valence-electron chi connectivity index (χ4n) is 2.53. The van der Waals surface area contributed by atoms with Crippen LogP contribution in [0.25, 0.3) is 0 Å². The molecule has 2 unspecified atom stereocenters. The van der Waals surface area contributed by atoms with Crippen LogP contribution in [0.15, 0.2) is 30.3 Å². The molecule has 0 saturated carbocycles. The van der Waals surface area contributed by atoms with Gasteiger partial charge >= 0.3 is 0 Å². The van der Waals surface area contributed by atoms with Crippen molar-refractivity contribution >= 4 is 0 Å². The molecule has 2 rings (SSSR count). The summed E-state index contributed by atoms with van der Waals surface area (Å²) in [5.41, 5.74) is 1.32. The second-order valence-corrected chi connectivity index (χ2v) is 4.53. The van der Waals surface area contributed by atoms with Crippen LogP contribution in [0.2, 0.25) is 0 Å². The first-order chi connectivity index (χ1) is 7.20. The first kappa shape index (κ1) is 10.7. The number of nitrogens with zero attached hydrogens (tertiary/aromatic N) is 1. The van der Waals surface area contributed by atoms with Gasteiger partial charge in [0.2, 0.25) is 0 Å². The Balaban J connectivity index is 2.22. The molecule has 0 aromatic heterocycles. The summed E-state index contributed by atoms with van der Waals surface area (Å²) in [6.07, 6.45) is 1.68. The minimum Gasteiger partial charge on any atom is -0.378 e. The van der Waals surface area contributed by atoms with Gasteiger partial charge in [-0.25, -0.2) is 0 Å². The van der Waals surface area contributed by atoms with E-state index in [0.717, 1.165) is 12.8 Å². The lowest BCUT2D eigenvalue weighted by atomic mass is 10.0. The molecule has 1 heterocycles. The average Bonchev–Trinajstić information content (AvgIpc) is 2.61. The van der Waals surface area contributed by atoms with Crippen LogP contribution in [-0.4, -0.2) is 22.3 Å². The highest BCUT2D eigenvalue weighted by atomic mass is 16.3. The molecule has 1 aliphatic heterocycles. The van der Waals surface area contributed by atoms with E-state index in [0.29, 0.717) is 12.1 Å². The lowest BCUT2D eigenvalue weighted by Gasteiger charge is -2.31. The molecule has 1 fully saturated rings. The van der Waals surface area contributed by atoms with Crippen molar-refractivity contribution in [1.82, 2.24) is 4.90 Å². The van der Waals surface area contributed by atoms with Gasteiger partial charge in [-0.3, -0.25) is 4.90 Å². The van der Waals surface area contributed by atoms with Gasteiger partial charge in [0.25, 0.3) is 0 Å². The molecule has 0 amide bonds. The van der Waals surface area contributed by atoms with Crippen molar-refractivity contribution in [3.8, 4) is 0 Å². The van der Waals surface area contributed by atoms with Crippen LogP contribution in [0.1, 0.15) is 38.3 Å². The van der Waals surface area contributed by atoms with Crippen molar-refractivity contribution in [3.05, 3.63) is 35.9 Å².